The third-order valence-electron chi connectivity index (χ3n) is 4.40. The maximum atomic E-state index is 10.4. The number of anilines is 1. The molecule has 0 amide bonds. The van der Waals surface area contributed by atoms with E-state index in [9.17, 15) is 15.3 Å². The maximum absolute atomic E-state index is 10.4. The second kappa shape index (κ2) is 4.10. The summed E-state index contributed by atoms with van der Waals surface area (Å²) in [6, 6.07) is 0. The predicted octanol–water partition coefficient (Wildman–Crippen LogP) is -1.66. The second-order valence-corrected chi connectivity index (χ2v) is 5.49. The molecule has 0 aromatic carbocycles. The zero-order valence-corrected chi connectivity index (χ0v) is 11.0. The molecule has 4 heterocycles. The van der Waals surface area contributed by atoms with Crippen molar-refractivity contribution in [3.05, 3.63) is 12.2 Å². The Balaban J connectivity index is 1.94. The molecule has 0 aliphatic carbocycles. The molecule has 9 nitrogen and oxygen atoms in total. The van der Waals surface area contributed by atoms with E-state index >= 15 is 0 Å². The van der Waals surface area contributed by atoms with E-state index in [0.717, 1.165) is 0 Å². The van der Waals surface area contributed by atoms with Gasteiger partial charge in [-0.15, -0.1) is 0 Å². The molecule has 1 saturated heterocycles. The lowest BCUT2D eigenvalue weighted by molar-refractivity contribution is -0.175. The molecule has 1 fully saturated rings. The predicted molar refractivity (Wildman–Crippen MR) is 70.0 cm³/mol. The normalized spacial score (nSPS) is 34.9. The Kier molecular flexibility index (Phi) is 2.52. The highest BCUT2D eigenvalue weighted by molar-refractivity contribution is 5.82. The number of nitrogens with zero attached hydrogens (tertiary/aromatic N) is 4. The average Bonchev–Trinajstić information content (AvgIpc) is 2.94. The Morgan fingerprint density at radius 2 is 2.19 bits per heavy atom. The van der Waals surface area contributed by atoms with Gasteiger partial charge in [-0.2, -0.15) is 0 Å². The van der Waals surface area contributed by atoms with Crippen LogP contribution in [0.15, 0.2) is 6.33 Å². The number of hydrogen-bond acceptors (Lipinski definition) is 8. The molecule has 2 aliphatic heterocycles. The van der Waals surface area contributed by atoms with Gasteiger partial charge in [-0.05, 0) is 0 Å². The van der Waals surface area contributed by atoms with Crippen LogP contribution in [0.1, 0.15) is 18.5 Å². The van der Waals surface area contributed by atoms with Crippen LogP contribution in [0.25, 0.3) is 11.2 Å². The molecule has 4 atom stereocenters. The van der Waals surface area contributed by atoms with Gasteiger partial charge in [-0.3, -0.25) is 4.57 Å². The summed E-state index contributed by atoms with van der Waals surface area (Å²) in [6.45, 7) is -0.467. The van der Waals surface area contributed by atoms with Gasteiger partial charge in [0.1, 0.15) is 24.0 Å². The summed E-state index contributed by atoms with van der Waals surface area (Å²) in [4.78, 5) is 12.5. The fourth-order valence-electron chi connectivity index (χ4n) is 3.24. The van der Waals surface area contributed by atoms with Crippen LogP contribution in [-0.4, -0.2) is 59.3 Å². The molecule has 9 heteroatoms. The van der Waals surface area contributed by atoms with Crippen molar-refractivity contribution in [2.24, 2.45) is 0 Å². The Morgan fingerprint density at radius 3 is 2.95 bits per heavy atom. The smallest absolute Gasteiger partial charge is 0.167 e. The van der Waals surface area contributed by atoms with Crippen molar-refractivity contribution in [2.45, 2.75) is 36.9 Å². The summed E-state index contributed by atoms with van der Waals surface area (Å²) < 4.78 is 7.50. The first-order valence-electron chi connectivity index (χ1n) is 6.69. The van der Waals surface area contributed by atoms with Crippen molar-refractivity contribution < 1.29 is 20.1 Å². The molecule has 2 aromatic heterocycles. The summed E-state index contributed by atoms with van der Waals surface area (Å²) in [5, 5.41) is 30.2. The fraction of sp³-hybridized carbons (Fsp3) is 0.583. The van der Waals surface area contributed by atoms with Crippen LogP contribution in [0, 0.1) is 0 Å². The van der Waals surface area contributed by atoms with E-state index in [4.69, 9.17) is 10.5 Å². The molecule has 4 rings (SSSR count). The molecule has 2 bridgehead atoms. The van der Waals surface area contributed by atoms with Gasteiger partial charge in [-0.25, -0.2) is 15.0 Å². The quantitative estimate of drug-likeness (QED) is 0.489. The topological polar surface area (TPSA) is 140 Å². The SMILES string of the molecule is Nc1ncnc2c1nc1n2[C@H]2C[C@H](O)[C@@](CO)(O2)[C@@H](O)C1. The molecule has 112 valence electrons. The molecular formula is C12H15N5O4. The number of nitrogen functional groups attached to an aromatic ring is 1. The summed E-state index contributed by atoms with van der Waals surface area (Å²) >= 11 is 0. The second-order valence-electron chi connectivity index (χ2n) is 5.49. The third kappa shape index (κ3) is 1.51. The number of aliphatic hydroxyl groups is 3. The van der Waals surface area contributed by atoms with Gasteiger partial charge in [0, 0.05) is 12.8 Å². The van der Waals surface area contributed by atoms with Gasteiger partial charge in [-0.1, -0.05) is 0 Å². The lowest BCUT2D eigenvalue weighted by atomic mass is 9.88. The minimum atomic E-state index is -1.38. The van der Waals surface area contributed by atoms with Crippen LogP contribution >= 0.6 is 0 Å². The van der Waals surface area contributed by atoms with Crippen LogP contribution in [0.3, 0.4) is 0 Å². The summed E-state index contributed by atoms with van der Waals surface area (Å²) in [5.41, 5.74) is 5.36. The minimum absolute atomic E-state index is 0.129. The monoisotopic (exact) mass is 293 g/mol. The van der Waals surface area contributed by atoms with Gasteiger partial charge in [0.2, 0.25) is 0 Å². The van der Waals surface area contributed by atoms with E-state index in [1.807, 2.05) is 0 Å². The van der Waals surface area contributed by atoms with E-state index in [-0.39, 0.29) is 18.7 Å². The van der Waals surface area contributed by atoms with E-state index in [1.165, 1.54) is 6.33 Å². The molecule has 0 saturated carbocycles. The first kappa shape index (κ1) is 12.9. The van der Waals surface area contributed by atoms with Gasteiger partial charge in [0.05, 0.1) is 18.8 Å². The van der Waals surface area contributed by atoms with Crippen LogP contribution in [-0.2, 0) is 11.2 Å². The lowest BCUT2D eigenvalue weighted by Crippen LogP contribution is -2.53. The van der Waals surface area contributed by atoms with Crippen LogP contribution in [0.4, 0.5) is 5.82 Å². The Labute approximate surface area is 119 Å². The Hall–Kier alpha value is -1.81. The first-order valence-corrected chi connectivity index (χ1v) is 6.69. The Bertz CT molecular complexity index is 719. The summed E-state index contributed by atoms with van der Waals surface area (Å²) in [6.07, 6.45) is -0.900. The molecule has 2 aromatic rings. The number of nitrogens with two attached hydrogens (primary N) is 1. The number of fused-ring (bicyclic) bond motifs is 6. The summed E-state index contributed by atoms with van der Waals surface area (Å²) in [5.74, 6) is 0.805. The van der Waals surface area contributed by atoms with E-state index in [2.05, 4.69) is 15.0 Å². The van der Waals surface area contributed by atoms with Gasteiger partial charge < -0.3 is 25.8 Å². The van der Waals surface area contributed by atoms with Gasteiger partial charge in [0.25, 0.3) is 0 Å². The van der Waals surface area contributed by atoms with Crippen LogP contribution in [0.2, 0.25) is 0 Å². The number of aliphatic hydroxyl groups excluding tert-OH is 3. The van der Waals surface area contributed by atoms with Gasteiger partial charge >= 0.3 is 0 Å². The number of hydrogen-bond donors (Lipinski definition) is 4. The number of aromatic nitrogens is 4. The zero-order chi connectivity index (χ0) is 14.8. The average molecular weight is 293 g/mol. The van der Waals surface area contributed by atoms with Crippen molar-refractivity contribution >= 4 is 17.0 Å². The van der Waals surface area contributed by atoms with Crippen molar-refractivity contribution in [2.75, 3.05) is 12.3 Å². The van der Waals surface area contributed by atoms with Crippen molar-refractivity contribution in [3.63, 3.8) is 0 Å². The van der Waals surface area contributed by atoms with Crippen molar-refractivity contribution in [3.8, 4) is 0 Å². The molecule has 21 heavy (non-hydrogen) atoms. The first-order chi connectivity index (χ1) is 10.1. The maximum Gasteiger partial charge on any atom is 0.167 e. The third-order valence-corrected chi connectivity index (χ3v) is 4.40. The van der Waals surface area contributed by atoms with Crippen molar-refractivity contribution in [1.29, 1.82) is 0 Å². The Morgan fingerprint density at radius 1 is 1.38 bits per heavy atom. The highest BCUT2D eigenvalue weighted by Crippen LogP contribution is 2.44. The molecule has 0 spiro atoms. The zero-order valence-electron chi connectivity index (χ0n) is 11.0. The van der Waals surface area contributed by atoms with Crippen LogP contribution < -0.4 is 5.73 Å². The van der Waals surface area contributed by atoms with E-state index in [0.29, 0.717) is 17.0 Å². The largest absolute Gasteiger partial charge is 0.393 e. The lowest BCUT2D eigenvalue weighted by Gasteiger charge is -2.33. The summed E-state index contributed by atoms with van der Waals surface area (Å²) in [7, 11) is 0. The highest BCUT2D eigenvalue weighted by atomic mass is 16.6. The number of rotatable bonds is 1. The molecule has 2 aliphatic rings. The minimum Gasteiger partial charge on any atom is -0.393 e. The highest BCUT2D eigenvalue weighted by Gasteiger charge is 2.56. The van der Waals surface area contributed by atoms with Gasteiger partial charge in [0.15, 0.2) is 17.0 Å². The van der Waals surface area contributed by atoms with Crippen molar-refractivity contribution in [1.82, 2.24) is 19.5 Å². The molecule has 5 N–H and O–H groups in total. The van der Waals surface area contributed by atoms with Crippen LogP contribution in [0.5, 0.6) is 0 Å². The number of imidazole rings is 1. The standard InChI is InChI=1S/C12H15N5O4/c13-10-9-11(15-4-14-10)17-7(16-9)1-5(19)12(3-18)6(20)2-8(17)21-12/h4-6,8,18-20H,1-3H2,(H2,13,14,15)/t5-,6-,8+,12-/m0/s1. The van der Waals surface area contributed by atoms with E-state index in [1.54, 1.807) is 4.57 Å². The molecular weight excluding hydrogens is 278 g/mol. The molecule has 0 unspecified atom stereocenters. The fourth-order valence-corrected chi connectivity index (χ4v) is 3.24. The van der Waals surface area contributed by atoms with E-state index < -0.39 is 30.6 Å². The number of ether oxygens (including phenoxy) is 1. The molecule has 0 radical (unpaired) electrons.